The molecular weight excluding hydrogens is 310 g/mol. The summed E-state index contributed by atoms with van der Waals surface area (Å²) in [4.78, 5) is 25.2. The van der Waals surface area contributed by atoms with Crippen LogP contribution in [0.1, 0.15) is 30.9 Å². The first-order valence-corrected chi connectivity index (χ1v) is 8.32. The minimum Gasteiger partial charge on any atom is -0.486 e. The van der Waals surface area contributed by atoms with E-state index in [4.69, 9.17) is 9.47 Å². The van der Waals surface area contributed by atoms with E-state index in [0.717, 1.165) is 30.9 Å². The lowest BCUT2D eigenvalue weighted by Gasteiger charge is -2.26. The molecule has 1 atom stereocenters. The van der Waals surface area contributed by atoms with Gasteiger partial charge in [0.05, 0.1) is 0 Å². The third kappa shape index (κ3) is 3.79. The van der Waals surface area contributed by atoms with Gasteiger partial charge in [-0.1, -0.05) is 6.07 Å². The number of fused-ring (bicyclic) bond motifs is 1. The number of carbonyl (C=O) groups excluding carboxylic acids is 2. The van der Waals surface area contributed by atoms with Crippen molar-refractivity contribution >= 4 is 11.9 Å². The first-order chi connectivity index (χ1) is 11.7. The van der Waals surface area contributed by atoms with Gasteiger partial charge in [-0.05, 0) is 37.1 Å². The van der Waals surface area contributed by atoms with Crippen molar-refractivity contribution in [3.05, 3.63) is 23.8 Å². The van der Waals surface area contributed by atoms with Gasteiger partial charge in [0.1, 0.15) is 13.2 Å². The molecule has 130 valence electrons. The Hall–Kier alpha value is -2.28. The molecule has 1 unspecified atom stereocenters. The Morgan fingerprint density at radius 1 is 1.25 bits per heavy atom. The van der Waals surface area contributed by atoms with E-state index in [0.29, 0.717) is 26.2 Å². The van der Waals surface area contributed by atoms with Crippen LogP contribution >= 0.6 is 0 Å². The van der Waals surface area contributed by atoms with Crippen molar-refractivity contribution in [1.29, 1.82) is 0 Å². The molecule has 0 saturated carbocycles. The van der Waals surface area contributed by atoms with Crippen LogP contribution < -0.4 is 20.1 Å². The second-order valence-corrected chi connectivity index (χ2v) is 5.97. The number of hydrogen-bond acceptors (Lipinski definition) is 5. The maximum Gasteiger partial charge on any atom is 0.321 e. The summed E-state index contributed by atoms with van der Waals surface area (Å²) in [5, 5.41) is 4.67. The van der Waals surface area contributed by atoms with Crippen LogP contribution in [-0.2, 0) is 4.79 Å². The molecule has 2 heterocycles. The van der Waals surface area contributed by atoms with Crippen LogP contribution in [0.4, 0.5) is 4.79 Å². The fourth-order valence-electron chi connectivity index (χ4n) is 3.24. The summed E-state index contributed by atoms with van der Waals surface area (Å²) in [7, 11) is 1.49. The molecule has 2 aliphatic rings. The van der Waals surface area contributed by atoms with Gasteiger partial charge in [0.25, 0.3) is 0 Å². The average Bonchev–Trinajstić information content (AvgIpc) is 3.08. The normalized spacial score (nSPS) is 19.8. The van der Waals surface area contributed by atoms with Crippen LogP contribution in [0.25, 0.3) is 0 Å². The zero-order chi connectivity index (χ0) is 16.9. The van der Waals surface area contributed by atoms with Gasteiger partial charge in [-0.15, -0.1) is 0 Å². The molecule has 2 aliphatic heterocycles. The summed E-state index contributed by atoms with van der Waals surface area (Å²) < 4.78 is 11.2. The van der Waals surface area contributed by atoms with Crippen molar-refractivity contribution in [2.45, 2.75) is 25.3 Å². The van der Waals surface area contributed by atoms with Crippen molar-refractivity contribution in [2.24, 2.45) is 0 Å². The van der Waals surface area contributed by atoms with Crippen LogP contribution in [0.3, 0.4) is 0 Å². The largest absolute Gasteiger partial charge is 0.486 e. The molecule has 0 aliphatic carbocycles. The molecule has 1 fully saturated rings. The third-order valence-corrected chi connectivity index (χ3v) is 4.42. The number of hydrogen-bond donors (Lipinski definition) is 2. The second-order valence-electron chi connectivity index (χ2n) is 5.97. The zero-order valence-corrected chi connectivity index (χ0v) is 13.8. The Morgan fingerprint density at radius 3 is 2.83 bits per heavy atom. The van der Waals surface area contributed by atoms with E-state index in [-0.39, 0.29) is 11.9 Å². The van der Waals surface area contributed by atoms with Crippen LogP contribution in [0.2, 0.25) is 0 Å². The Kier molecular flexibility index (Phi) is 5.20. The van der Waals surface area contributed by atoms with Crippen molar-refractivity contribution < 1.29 is 19.1 Å². The lowest BCUT2D eigenvalue weighted by Crippen LogP contribution is -2.39. The highest BCUT2D eigenvalue weighted by molar-refractivity contribution is 5.94. The molecule has 2 N–H and O–H groups in total. The number of rotatable bonds is 4. The smallest absolute Gasteiger partial charge is 0.321 e. The quantitative estimate of drug-likeness (QED) is 0.871. The number of nitrogens with zero attached hydrogens (tertiary/aromatic N) is 1. The van der Waals surface area contributed by atoms with E-state index in [1.807, 2.05) is 12.1 Å². The molecule has 7 nitrogen and oxygen atoms in total. The molecule has 24 heavy (non-hydrogen) atoms. The van der Waals surface area contributed by atoms with Crippen molar-refractivity contribution in [2.75, 3.05) is 33.4 Å². The van der Waals surface area contributed by atoms with E-state index >= 15 is 0 Å². The number of ether oxygens (including phenoxy) is 2. The van der Waals surface area contributed by atoms with Gasteiger partial charge in [-0.25, -0.2) is 4.79 Å². The number of nitrogens with one attached hydrogen (secondary N) is 2. The lowest BCUT2D eigenvalue weighted by atomic mass is 10.0. The van der Waals surface area contributed by atoms with Crippen LogP contribution in [-0.4, -0.2) is 50.2 Å². The van der Waals surface area contributed by atoms with Gasteiger partial charge in [-0.3, -0.25) is 15.0 Å². The van der Waals surface area contributed by atoms with E-state index < -0.39 is 6.03 Å². The first-order valence-electron chi connectivity index (χ1n) is 8.32. The summed E-state index contributed by atoms with van der Waals surface area (Å²) in [6.07, 6.45) is 2.45. The van der Waals surface area contributed by atoms with E-state index in [2.05, 4.69) is 21.6 Å². The minimum absolute atomic E-state index is 0.262. The number of imide groups is 1. The number of likely N-dealkylation sites (tertiary alicyclic amines) is 1. The maximum atomic E-state index is 11.8. The fraction of sp³-hybridized carbons (Fsp3) is 0.529. The third-order valence-electron chi connectivity index (χ3n) is 4.42. The van der Waals surface area contributed by atoms with Crippen molar-refractivity contribution in [1.82, 2.24) is 15.5 Å². The molecule has 0 aromatic heterocycles. The number of carbonyl (C=O) groups is 2. The number of urea groups is 1. The Morgan fingerprint density at radius 2 is 2.04 bits per heavy atom. The molecule has 0 radical (unpaired) electrons. The standard InChI is InChI=1S/C17H23N3O4/c1-18-17(22)19-16(21)6-8-20-7-2-3-13(20)12-4-5-14-15(11-12)24-10-9-23-14/h4-5,11,13H,2-3,6-10H2,1H3,(H2,18,19,21,22). The van der Waals surface area contributed by atoms with E-state index in [9.17, 15) is 9.59 Å². The van der Waals surface area contributed by atoms with Gasteiger partial charge in [0, 0.05) is 26.1 Å². The summed E-state index contributed by atoms with van der Waals surface area (Å²) in [6, 6.07) is 5.88. The van der Waals surface area contributed by atoms with Crippen LogP contribution in [0.15, 0.2) is 18.2 Å². The van der Waals surface area contributed by atoms with Gasteiger partial charge >= 0.3 is 6.03 Å². The molecule has 1 saturated heterocycles. The Balaban J connectivity index is 1.61. The highest BCUT2D eigenvalue weighted by atomic mass is 16.6. The number of amides is 3. The molecule has 3 rings (SSSR count). The monoisotopic (exact) mass is 333 g/mol. The maximum absolute atomic E-state index is 11.8. The highest BCUT2D eigenvalue weighted by Crippen LogP contribution is 2.37. The van der Waals surface area contributed by atoms with Gasteiger partial charge in [-0.2, -0.15) is 0 Å². The minimum atomic E-state index is -0.468. The molecule has 3 amide bonds. The molecule has 0 spiro atoms. The summed E-state index contributed by atoms with van der Waals surface area (Å²) in [5.41, 5.74) is 1.18. The second kappa shape index (κ2) is 7.53. The molecule has 1 aromatic rings. The SMILES string of the molecule is CNC(=O)NC(=O)CCN1CCCC1c1ccc2c(c1)OCCO2. The summed E-state index contributed by atoms with van der Waals surface area (Å²) in [5.74, 6) is 1.32. The van der Waals surface area contributed by atoms with Crippen LogP contribution in [0, 0.1) is 0 Å². The van der Waals surface area contributed by atoms with E-state index in [1.165, 1.54) is 12.6 Å². The van der Waals surface area contributed by atoms with Gasteiger partial charge in [0.15, 0.2) is 11.5 Å². The van der Waals surface area contributed by atoms with E-state index in [1.54, 1.807) is 0 Å². The predicted octanol–water partition coefficient (Wildman–Crippen LogP) is 1.44. The van der Waals surface area contributed by atoms with Crippen molar-refractivity contribution in [3.63, 3.8) is 0 Å². The van der Waals surface area contributed by atoms with Gasteiger partial charge in [0.2, 0.25) is 5.91 Å². The molecule has 0 bridgehead atoms. The van der Waals surface area contributed by atoms with Crippen molar-refractivity contribution in [3.8, 4) is 11.5 Å². The first kappa shape index (κ1) is 16.6. The molecular formula is C17H23N3O4. The highest BCUT2D eigenvalue weighted by Gasteiger charge is 2.27. The zero-order valence-electron chi connectivity index (χ0n) is 13.8. The summed E-state index contributed by atoms with van der Waals surface area (Å²) in [6.45, 7) is 2.74. The lowest BCUT2D eigenvalue weighted by molar-refractivity contribution is -0.120. The topological polar surface area (TPSA) is 79.9 Å². The van der Waals surface area contributed by atoms with Crippen LogP contribution in [0.5, 0.6) is 11.5 Å². The number of benzene rings is 1. The fourth-order valence-corrected chi connectivity index (χ4v) is 3.24. The Bertz CT molecular complexity index is 620. The molecule has 1 aromatic carbocycles. The van der Waals surface area contributed by atoms with Gasteiger partial charge < -0.3 is 14.8 Å². The average molecular weight is 333 g/mol. The predicted molar refractivity (Wildman–Crippen MR) is 88.2 cm³/mol. The molecule has 7 heteroatoms. The summed E-state index contributed by atoms with van der Waals surface area (Å²) >= 11 is 0. The Labute approximate surface area is 141 Å².